The van der Waals surface area contributed by atoms with E-state index in [1.807, 2.05) is 17.9 Å². The Morgan fingerprint density at radius 2 is 2.11 bits per heavy atom. The molecule has 2 N–H and O–H groups in total. The van der Waals surface area contributed by atoms with Crippen LogP contribution in [-0.2, 0) is 0 Å². The molecule has 142 valence electrons. The maximum atomic E-state index is 12.7. The Balaban J connectivity index is 1.47. The topological polar surface area (TPSA) is 94.9 Å². The number of piperidine rings is 1. The number of rotatable bonds is 2. The van der Waals surface area contributed by atoms with Crippen LogP contribution in [-0.4, -0.2) is 54.1 Å². The molecule has 1 atom stereocenters. The first-order valence-corrected chi connectivity index (χ1v) is 9.16. The lowest BCUT2D eigenvalue weighted by molar-refractivity contribution is 0.139. The van der Waals surface area contributed by atoms with Crippen LogP contribution in [0.15, 0.2) is 33.5 Å². The van der Waals surface area contributed by atoms with Crippen molar-refractivity contribution >= 4 is 28.7 Å². The van der Waals surface area contributed by atoms with Gasteiger partial charge in [-0.25, -0.2) is 14.4 Å². The van der Waals surface area contributed by atoms with Crippen molar-refractivity contribution in [3.8, 4) is 0 Å². The minimum atomic E-state index is -0.411. The first-order chi connectivity index (χ1) is 13.0. The highest BCUT2D eigenvalue weighted by Gasteiger charge is 2.32. The molecule has 2 aromatic rings. The van der Waals surface area contributed by atoms with Gasteiger partial charge in [0.05, 0.1) is 6.04 Å². The van der Waals surface area contributed by atoms with Crippen molar-refractivity contribution in [2.75, 3.05) is 31.5 Å². The van der Waals surface area contributed by atoms with Gasteiger partial charge in [-0.05, 0) is 37.5 Å². The molecule has 0 saturated carbocycles. The molecule has 1 aromatic carbocycles. The number of urea groups is 2. The van der Waals surface area contributed by atoms with Crippen LogP contribution in [0.25, 0.3) is 11.0 Å². The van der Waals surface area contributed by atoms with Crippen LogP contribution < -0.4 is 16.3 Å². The number of hydrogen-bond acceptors (Lipinski definition) is 4. The highest BCUT2D eigenvalue weighted by atomic mass is 16.4. The number of carbonyl (C=O) groups is 2. The molecule has 0 spiro atoms. The van der Waals surface area contributed by atoms with Gasteiger partial charge in [0.2, 0.25) is 0 Å². The monoisotopic (exact) mass is 370 g/mol. The van der Waals surface area contributed by atoms with Crippen molar-refractivity contribution < 1.29 is 14.0 Å². The van der Waals surface area contributed by atoms with Crippen molar-refractivity contribution in [3.63, 3.8) is 0 Å². The highest BCUT2D eigenvalue weighted by molar-refractivity contribution is 5.92. The van der Waals surface area contributed by atoms with E-state index >= 15 is 0 Å². The number of nitrogens with one attached hydrogen (secondary N) is 2. The molecule has 2 aliphatic heterocycles. The van der Waals surface area contributed by atoms with Gasteiger partial charge in [0, 0.05) is 49.4 Å². The van der Waals surface area contributed by atoms with E-state index in [0.717, 1.165) is 23.8 Å². The van der Waals surface area contributed by atoms with Crippen LogP contribution in [0, 0.1) is 6.92 Å². The van der Waals surface area contributed by atoms with E-state index in [4.69, 9.17) is 4.42 Å². The minimum absolute atomic E-state index is 0.0456. The predicted molar refractivity (Wildman–Crippen MR) is 101 cm³/mol. The zero-order chi connectivity index (χ0) is 19.0. The third kappa shape index (κ3) is 3.47. The number of anilines is 1. The summed E-state index contributed by atoms with van der Waals surface area (Å²) in [5.74, 6) is 0. The maximum Gasteiger partial charge on any atom is 0.336 e. The number of fused-ring (bicyclic) bond motifs is 1. The fourth-order valence-corrected chi connectivity index (χ4v) is 3.83. The summed E-state index contributed by atoms with van der Waals surface area (Å²) in [7, 11) is 0. The van der Waals surface area contributed by atoms with E-state index in [9.17, 15) is 14.4 Å². The van der Waals surface area contributed by atoms with E-state index < -0.39 is 5.63 Å². The molecule has 0 radical (unpaired) electrons. The summed E-state index contributed by atoms with van der Waals surface area (Å²) < 4.78 is 5.23. The highest BCUT2D eigenvalue weighted by Crippen LogP contribution is 2.22. The average molecular weight is 370 g/mol. The van der Waals surface area contributed by atoms with Crippen LogP contribution in [0.3, 0.4) is 0 Å². The van der Waals surface area contributed by atoms with E-state index in [-0.39, 0.29) is 18.1 Å². The summed E-state index contributed by atoms with van der Waals surface area (Å²) in [5, 5.41) is 6.52. The van der Waals surface area contributed by atoms with Gasteiger partial charge in [0.15, 0.2) is 0 Å². The van der Waals surface area contributed by atoms with E-state index in [1.165, 1.54) is 6.07 Å². The lowest BCUT2D eigenvalue weighted by Gasteiger charge is -2.36. The smallest absolute Gasteiger partial charge is 0.336 e. The Kier molecular flexibility index (Phi) is 4.47. The summed E-state index contributed by atoms with van der Waals surface area (Å²) in [6, 6.07) is 6.51. The van der Waals surface area contributed by atoms with Crippen LogP contribution in [0.5, 0.6) is 0 Å². The van der Waals surface area contributed by atoms with Gasteiger partial charge in [-0.15, -0.1) is 0 Å². The Morgan fingerprint density at radius 3 is 2.89 bits per heavy atom. The summed E-state index contributed by atoms with van der Waals surface area (Å²) in [4.78, 5) is 39.7. The largest absolute Gasteiger partial charge is 0.423 e. The Bertz CT molecular complexity index is 954. The van der Waals surface area contributed by atoms with Crippen molar-refractivity contribution in [2.45, 2.75) is 25.8 Å². The fourth-order valence-electron chi connectivity index (χ4n) is 3.83. The molecular formula is C19H22N4O4. The van der Waals surface area contributed by atoms with Gasteiger partial charge in [-0.1, -0.05) is 0 Å². The second-order valence-corrected chi connectivity index (χ2v) is 7.06. The van der Waals surface area contributed by atoms with Gasteiger partial charge < -0.3 is 24.9 Å². The van der Waals surface area contributed by atoms with Gasteiger partial charge in [0.25, 0.3) is 0 Å². The number of aryl methyl sites for hydroxylation is 1. The SMILES string of the molecule is Cc1cc(=O)oc2cc(NC(=O)N3CCC[C@H](N4CCNC4=O)C3)ccc12. The molecular weight excluding hydrogens is 348 g/mol. The third-order valence-electron chi connectivity index (χ3n) is 5.22. The van der Waals surface area contributed by atoms with Crippen LogP contribution >= 0.6 is 0 Å². The maximum absolute atomic E-state index is 12.7. The van der Waals surface area contributed by atoms with E-state index in [2.05, 4.69) is 10.6 Å². The Morgan fingerprint density at radius 1 is 1.26 bits per heavy atom. The molecule has 0 bridgehead atoms. The summed E-state index contributed by atoms with van der Waals surface area (Å²) in [6.45, 7) is 4.35. The Labute approximate surface area is 156 Å². The third-order valence-corrected chi connectivity index (χ3v) is 5.22. The summed E-state index contributed by atoms with van der Waals surface area (Å²) >= 11 is 0. The fraction of sp³-hybridized carbons (Fsp3) is 0.421. The van der Waals surface area contributed by atoms with Gasteiger partial charge in [-0.3, -0.25) is 0 Å². The molecule has 8 heteroatoms. The predicted octanol–water partition coefficient (Wildman–Crippen LogP) is 2.12. The van der Waals surface area contributed by atoms with Crippen molar-refractivity contribution in [1.82, 2.24) is 15.1 Å². The standard InChI is InChI=1S/C19H22N4O4/c1-12-9-17(24)27-16-10-13(4-5-15(12)16)21-19(26)22-7-2-3-14(11-22)23-8-6-20-18(23)25/h4-5,9-10,14H,2-3,6-8,11H2,1H3,(H,20,25)(H,21,26)/t14-/m0/s1. The Hall–Kier alpha value is -3.03. The van der Waals surface area contributed by atoms with Crippen LogP contribution in [0.1, 0.15) is 18.4 Å². The zero-order valence-corrected chi connectivity index (χ0v) is 15.2. The lowest BCUT2D eigenvalue weighted by atomic mass is 10.0. The van der Waals surface area contributed by atoms with Gasteiger partial charge in [0.1, 0.15) is 5.58 Å². The normalized spacial score (nSPS) is 20.0. The molecule has 2 fully saturated rings. The summed E-state index contributed by atoms with van der Waals surface area (Å²) in [6.07, 6.45) is 1.76. The minimum Gasteiger partial charge on any atom is -0.423 e. The quantitative estimate of drug-likeness (QED) is 0.792. The molecule has 8 nitrogen and oxygen atoms in total. The number of likely N-dealkylation sites (tertiary alicyclic amines) is 1. The molecule has 4 amide bonds. The number of hydrogen-bond donors (Lipinski definition) is 2. The molecule has 27 heavy (non-hydrogen) atoms. The van der Waals surface area contributed by atoms with Gasteiger partial charge in [-0.2, -0.15) is 0 Å². The number of benzene rings is 1. The van der Waals surface area contributed by atoms with Crippen LogP contribution in [0.2, 0.25) is 0 Å². The second-order valence-electron chi connectivity index (χ2n) is 7.06. The molecule has 3 heterocycles. The van der Waals surface area contributed by atoms with Crippen molar-refractivity contribution in [1.29, 1.82) is 0 Å². The van der Waals surface area contributed by atoms with Crippen LogP contribution in [0.4, 0.5) is 15.3 Å². The molecule has 2 aliphatic rings. The molecule has 0 unspecified atom stereocenters. The van der Waals surface area contributed by atoms with Gasteiger partial charge >= 0.3 is 17.7 Å². The molecule has 2 saturated heterocycles. The lowest BCUT2D eigenvalue weighted by Crippen LogP contribution is -2.51. The van der Waals surface area contributed by atoms with Crippen molar-refractivity contribution in [3.05, 3.63) is 40.2 Å². The summed E-state index contributed by atoms with van der Waals surface area (Å²) in [5.41, 5.74) is 1.44. The number of nitrogens with zero attached hydrogens (tertiary/aromatic N) is 2. The van der Waals surface area contributed by atoms with E-state index in [1.54, 1.807) is 17.0 Å². The molecule has 1 aromatic heterocycles. The van der Waals surface area contributed by atoms with E-state index in [0.29, 0.717) is 37.4 Å². The second kappa shape index (κ2) is 6.94. The average Bonchev–Trinajstić information content (AvgIpc) is 3.07. The number of amides is 4. The van der Waals surface area contributed by atoms with Crippen molar-refractivity contribution in [2.24, 2.45) is 0 Å². The first-order valence-electron chi connectivity index (χ1n) is 9.16. The number of carbonyl (C=O) groups excluding carboxylic acids is 2. The molecule has 4 rings (SSSR count). The zero-order valence-electron chi connectivity index (χ0n) is 15.2. The first kappa shape index (κ1) is 17.4. The molecule has 0 aliphatic carbocycles.